The smallest absolute Gasteiger partial charge is 0.212 e. The van der Waals surface area contributed by atoms with Crippen molar-refractivity contribution >= 4 is 10.8 Å². The van der Waals surface area contributed by atoms with E-state index in [0.717, 1.165) is 18.7 Å². The molecule has 84 valence electrons. The van der Waals surface area contributed by atoms with Crippen molar-refractivity contribution in [2.45, 2.75) is 6.54 Å². The summed E-state index contributed by atoms with van der Waals surface area (Å²) in [7, 11) is 0.867. The van der Waals surface area contributed by atoms with Gasteiger partial charge >= 0.3 is 0 Å². The second-order valence-corrected chi connectivity index (χ2v) is 4.72. The molecular formula is C10H16N2O2S. The third-order valence-electron chi connectivity index (χ3n) is 1.90. The van der Waals surface area contributed by atoms with Gasteiger partial charge in [-0.25, -0.2) is 4.98 Å². The van der Waals surface area contributed by atoms with E-state index in [1.165, 1.54) is 0 Å². The zero-order valence-electron chi connectivity index (χ0n) is 9.03. The summed E-state index contributed by atoms with van der Waals surface area (Å²) in [5.74, 6) is 1.30. The molecule has 1 unspecified atom stereocenters. The van der Waals surface area contributed by atoms with Gasteiger partial charge in [-0.1, -0.05) is 6.07 Å². The van der Waals surface area contributed by atoms with Crippen LogP contribution in [0.1, 0.15) is 5.56 Å². The number of hydrogen-bond donors (Lipinski definition) is 1. The molecule has 0 fully saturated rings. The number of pyridine rings is 1. The van der Waals surface area contributed by atoms with Crippen LogP contribution in [0.5, 0.6) is 5.88 Å². The second kappa shape index (κ2) is 6.53. The number of rotatable bonds is 6. The van der Waals surface area contributed by atoms with Crippen LogP contribution in [0.25, 0.3) is 0 Å². The quantitative estimate of drug-likeness (QED) is 0.723. The van der Waals surface area contributed by atoms with Crippen LogP contribution >= 0.6 is 0 Å². The number of nitrogens with zero attached hydrogens (tertiary/aromatic N) is 1. The molecule has 0 spiro atoms. The summed E-state index contributed by atoms with van der Waals surface area (Å²) in [5, 5.41) is 3.20. The van der Waals surface area contributed by atoms with E-state index >= 15 is 0 Å². The first-order valence-electron chi connectivity index (χ1n) is 4.72. The van der Waals surface area contributed by atoms with Crippen molar-refractivity contribution in [1.82, 2.24) is 10.3 Å². The molecule has 0 radical (unpaired) electrons. The Morgan fingerprint density at radius 2 is 2.33 bits per heavy atom. The molecule has 1 aromatic rings. The van der Waals surface area contributed by atoms with E-state index in [9.17, 15) is 4.21 Å². The van der Waals surface area contributed by atoms with Crippen LogP contribution in [-0.2, 0) is 17.3 Å². The zero-order chi connectivity index (χ0) is 11.1. The van der Waals surface area contributed by atoms with Crippen LogP contribution in [0, 0.1) is 0 Å². The number of ether oxygens (including phenoxy) is 1. The highest BCUT2D eigenvalue weighted by Gasteiger charge is 1.95. The predicted octanol–water partition coefficient (Wildman–Crippen LogP) is 0.558. The average molecular weight is 228 g/mol. The summed E-state index contributed by atoms with van der Waals surface area (Å²) in [4.78, 5) is 4.09. The maximum Gasteiger partial charge on any atom is 0.212 e. The molecule has 1 heterocycles. The maximum absolute atomic E-state index is 10.8. The van der Waals surface area contributed by atoms with Crippen LogP contribution in [0.15, 0.2) is 18.3 Å². The Morgan fingerprint density at radius 3 is 2.87 bits per heavy atom. The van der Waals surface area contributed by atoms with Gasteiger partial charge in [-0.15, -0.1) is 0 Å². The summed E-state index contributed by atoms with van der Waals surface area (Å²) in [6.45, 7) is 1.50. The lowest BCUT2D eigenvalue weighted by Gasteiger charge is -2.04. The Morgan fingerprint density at radius 1 is 1.53 bits per heavy atom. The summed E-state index contributed by atoms with van der Waals surface area (Å²) in [5.41, 5.74) is 1.10. The van der Waals surface area contributed by atoms with E-state index in [-0.39, 0.29) is 0 Å². The zero-order valence-corrected chi connectivity index (χ0v) is 9.84. The van der Waals surface area contributed by atoms with Crippen molar-refractivity contribution in [3.63, 3.8) is 0 Å². The largest absolute Gasteiger partial charge is 0.481 e. The van der Waals surface area contributed by atoms with E-state index in [0.29, 0.717) is 11.6 Å². The fraction of sp³-hybridized carbons (Fsp3) is 0.500. The Labute approximate surface area is 92.5 Å². The van der Waals surface area contributed by atoms with Crippen molar-refractivity contribution in [2.24, 2.45) is 0 Å². The average Bonchev–Trinajstić information content (AvgIpc) is 2.25. The molecular weight excluding hydrogens is 212 g/mol. The predicted molar refractivity (Wildman–Crippen MR) is 61.4 cm³/mol. The molecule has 1 rings (SSSR count). The number of aromatic nitrogens is 1. The van der Waals surface area contributed by atoms with Gasteiger partial charge in [0.25, 0.3) is 0 Å². The molecule has 0 bridgehead atoms. The number of nitrogens with one attached hydrogen (secondary N) is 1. The molecule has 15 heavy (non-hydrogen) atoms. The van der Waals surface area contributed by atoms with E-state index in [2.05, 4.69) is 10.3 Å². The maximum atomic E-state index is 10.8. The molecule has 1 N–H and O–H groups in total. The van der Waals surface area contributed by atoms with Crippen molar-refractivity contribution in [3.05, 3.63) is 23.9 Å². The normalized spacial score (nSPS) is 12.4. The number of hydrogen-bond acceptors (Lipinski definition) is 4. The fourth-order valence-electron chi connectivity index (χ4n) is 1.08. The summed E-state index contributed by atoms with van der Waals surface area (Å²) in [6, 6.07) is 3.79. The van der Waals surface area contributed by atoms with E-state index in [1.54, 1.807) is 19.6 Å². The van der Waals surface area contributed by atoms with Gasteiger partial charge in [0.1, 0.15) is 0 Å². The monoisotopic (exact) mass is 228 g/mol. The third kappa shape index (κ3) is 4.90. The highest BCUT2D eigenvalue weighted by atomic mass is 32.2. The second-order valence-electron chi connectivity index (χ2n) is 3.16. The lowest BCUT2D eigenvalue weighted by atomic mass is 10.3. The van der Waals surface area contributed by atoms with Crippen molar-refractivity contribution < 1.29 is 8.95 Å². The van der Waals surface area contributed by atoms with Gasteiger partial charge in [-0.3, -0.25) is 4.21 Å². The summed E-state index contributed by atoms with van der Waals surface area (Å²) in [6.07, 6.45) is 3.48. The molecule has 1 aromatic heterocycles. The molecule has 0 saturated heterocycles. The van der Waals surface area contributed by atoms with Crippen molar-refractivity contribution in [2.75, 3.05) is 25.7 Å². The first kappa shape index (κ1) is 12.1. The van der Waals surface area contributed by atoms with E-state index < -0.39 is 10.8 Å². The van der Waals surface area contributed by atoms with E-state index in [4.69, 9.17) is 4.74 Å². The summed E-state index contributed by atoms with van der Waals surface area (Å²) < 4.78 is 15.7. The van der Waals surface area contributed by atoms with Crippen molar-refractivity contribution in [1.29, 1.82) is 0 Å². The molecule has 1 atom stereocenters. The molecule has 0 aliphatic rings. The summed E-state index contributed by atoms with van der Waals surface area (Å²) >= 11 is 0. The SMILES string of the molecule is COc1ccc(CNCCS(C)=O)cn1. The van der Waals surface area contributed by atoms with Gasteiger partial charge in [-0.05, 0) is 5.56 Å². The minimum absolute atomic E-state index is 0.619. The van der Waals surface area contributed by atoms with E-state index in [1.807, 2.05) is 12.1 Å². The third-order valence-corrected chi connectivity index (χ3v) is 2.68. The number of methoxy groups -OCH3 is 1. The van der Waals surface area contributed by atoms with Crippen LogP contribution in [0.2, 0.25) is 0 Å². The Balaban J connectivity index is 2.28. The topological polar surface area (TPSA) is 51.2 Å². The molecule has 0 aliphatic heterocycles. The van der Waals surface area contributed by atoms with Crippen molar-refractivity contribution in [3.8, 4) is 5.88 Å². The minimum atomic E-state index is -0.727. The van der Waals surface area contributed by atoms with Gasteiger partial charge in [0, 0.05) is 48.2 Å². The van der Waals surface area contributed by atoms with Crippen LogP contribution in [0.4, 0.5) is 0 Å². The lowest BCUT2D eigenvalue weighted by molar-refractivity contribution is 0.397. The molecule has 0 aromatic carbocycles. The van der Waals surface area contributed by atoms with Gasteiger partial charge < -0.3 is 10.1 Å². The highest BCUT2D eigenvalue weighted by Crippen LogP contribution is 2.05. The Kier molecular flexibility index (Phi) is 5.28. The fourth-order valence-corrected chi connectivity index (χ4v) is 1.52. The van der Waals surface area contributed by atoms with Crippen LogP contribution in [0.3, 0.4) is 0 Å². The first-order valence-corrected chi connectivity index (χ1v) is 6.44. The van der Waals surface area contributed by atoms with Crippen LogP contribution in [-0.4, -0.2) is 34.9 Å². The molecule has 0 amide bonds. The van der Waals surface area contributed by atoms with Gasteiger partial charge in [-0.2, -0.15) is 0 Å². The Bertz CT molecular complexity index is 314. The first-order chi connectivity index (χ1) is 7.22. The standard InChI is InChI=1S/C10H16N2O2S/c1-14-10-4-3-9(8-12-10)7-11-5-6-15(2)13/h3-4,8,11H,5-7H2,1-2H3. The van der Waals surface area contributed by atoms with Gasteiger partial charge in [0.15, 0.2) is 0 Å². The lowest BCUT2D eigenvalue weighted by Crippen LogP contribution is -2.19. The molecule has 4 nitrogen and oxygen atoms in total. The van der Waals surface area contributed by atoms with Gasteiger partial charge in [0.2, 0.25) is 5.88 Å². The molecule has 0 aliphatic carbocycles. The Hall–Kier alpha value is -0.940. The minimum Gasteiger partial charge on any atom is -0.481 e. The molecule has 0 saturated carbocycles. The molecule has 5 heteroatoms. The highest BCUT2D eigenvalue weighted by molar-refractivity contribution is 7.84. The van der Waals surface area contributed by atoms with Crippen LogP contribution < -0.4 is 10.1 Å². The van der Waals surface area contributed by atoms with Gasteiger partial charge in [0.05, 0.1) is 7.11 Å².